The van der Waals surface area contributed by atoms with Gasteiger partial charge in [-0.05, 0) is 30.2 Å². The highest BCUT2D eigenvalue weighted by Crippen LogP contribution is 2.45. The van der Waals surface area contributed by atoms with Gasteiger partial charge in [-0.2, -0.15) is 0 Å². The van der Waals surface area contributed by atoms with E-state index in [1.165, 1.54) is 44.2 Å². The maximum absolute atomic E-state index is 5.73. The quantitative estimate of drug-likeness (QED) is 0.327. The van der Waals surface area contributed by atoms with Crippen LogP contribution < -0.4 is 5.32 Å². The second-order valence-corrected chi connectivity index (χ2v) is 6.89. The summed E-state index contributed by atoms with van der Waals surface area (Å²) >= 11 is 0. The van der Waals surface area contributed by atoms with E-state index in [1.54, 1.807) is 0 Å². The van der Waals surface area contributed by atoms with Crippen molar-refractivity contribution in [3.05, 3.63) is 35.9 Å². The van der Waals surface area contributed by atoms with Gasteiger partial charge in [-0.3, -0.25) is 4.99 Å². The summed E-state index contributed by atoms with van der Waals surface area (Å²) < 4.78 is 5.73. The largest absolute Gasteiger partial charge is 0.375 e. The molecule has 3 rings (SSSR count). The molecule has 2 aliphatic rings. The Morgan fingerprint density at radius 1 is 1.21 bits per heavy atom. The Kier molecular flexibility index (Phi) is 7.81. The minimum absolute atomic E-state index is 0. The molecule has 0 unspecified atom stereocenters. The molecule has 4 nitrogen and oxygen atoms in total. The van der Waals surface area contributed by atoms with Crippen molar-refractivity contribution in [2.24, 2.45) is 10.4 Å². The Labute approximate surface area is 163 Å². The Hall–Kier alpha value is -0.820. The summed E-state index contributed by atoms with van der Waals surface area (Å²) in [6.07, 6.45) is 6.96. The van der Waals surface area contributed by atoms with Crippen LogP contribution in [0.4, 0.5) is 0 Å². The maximum atomic E-state index is 5.73. The predicted octanol–water partition coefficient (Wildman–Crippen LogP) is 3.66. The number of guanidine groups is 1. The number of benzene rings is 1. The molecule has 1 aliphatic heterocycles. The van der Waals surface area contributed by atoms with Crippen LogP contribution in [0.15, 0.2) is 35.3 Å². The zero-order valence-electron chi connectivity index (χ0n) is 14.7. The molecule has 134 valence electrons. The third-order valence-corrected chi connectivity index (χ3v) is 5.25. The summed E-state index contributed by atoms with van der Waals surface area (Å²) in [4.78, 5) is 6.89. The summed E-state index contributed by atoms with van der Waals surface area (Å²) in [7, 11) is 1.88. The van der Waals surface area contributed by atoms with Crippen LogP contribution in [0, 0.1) is 5.41 Å². The number of halogens is 1. The van der Waals surface area contributed by atoms with E-state index in [4.69, 9.17) is 4.74 Å². The minimum Gasteiger partial charge on any atom is -0.375 e. The van der Waals surface area contributed by atoms with E-state index >= 15 is 0 Å². The molecule has 1 saturated heterocycles. The van der Waals surface area contributed by atoms with Crippen molar-refractivity contribution in [2.75, 3.05) is 33.3 Å². The molecule has 1 heterocycles. The Balaban J connectivity index is 0.00000208. The number of nitrogens with one attached hydrogen (secondary N) is 1. The molecule has 1 saturated carbocycles. The second kappa shape index (κ2) is 9.61. The summed E-state index contributed by atoms with van der Waals surface area (Å²) in [5, 5.41) is 3.45. The number of likely N-dealkylation sites (tertiary alicyclic amines) is 1. The average molecular weight is 443 g/mol. The van der Waals surface area contributed by atoms with Gasteiger partial charge < -0.3 is 15.0 Å². The minimum atomic E-state index is 0. The third-order valence-electron chi connectivity index (χ3n) is 5.25. The van der Waals surface area contributed by atoms with Crippen LogP contribution in [-0.2, 0) is 11.3 Å². The summed E-state index contributed by atoms with van der Waals surface area (Å²) in [5.74, 6) is 1.04. The standard InChI is InChI=1S/C19H29N3O.HI/c1-20-18(22-13-11-19(16-22)9-5-6-10-19)21-12-14-23-15-17-7-3-2-4-8-17;/h2-4,7-8H,5-6,9-16H2,1H3,(H,20,21);1H. The molecule has 0 bridgehead atoms. The van der Waals surface area contributed by atoms with E-state index < -0.39 is 0 Å². The van der Waals surface area contributed by atoms with Crippen molar-refractivity contribution < 1.29 is 4.74 Å². The molecule has 1 aromatic rings. The van der Waals surface area contributed by atoms with Crippen molar-refractivity contribution in [3.63, 3.8) is 0 Å². The topological polar surface area (TPSA) is 36.9 Å². The van der Waals surface area contributed by atoms with Gasteiger partial charge in [0.1, 0.15) is 0 Å². The van der Waals surface area contributed by atoms with Crippen molar-refractivity contribution in [3.8, 4) is 0 Å². The predicted molar refractivity (Wildman–Crippen MR) is 110 cm³/mol. The van der Waals surface area contributed by atoms with Gasteiger partial charge in [0.05, 0.1) is 13.2 Å². The average Bonchev–Trinajstić information content (AvgIpc) is 3.22. The van der Waals surface area contributed by atoms with E-state index in [1.807, 2.05) is 25.2 Å². The number of hydrogen-bond acceptors (Lipinski definition) is 2. The van der Waals surface area contributed by atoms with Crippen LogP contribution in [0.3, 0.4) is 0 Å². The lowest BCUT2D eigenvalue weighted by molar-refractivity contribution is 0.125. The van der Waals surface area contributed by atoms with Crippen molar-refractivity contribution >= 4 is 29.9 Å². The monoisotopic (exact) mass is 443 g/mol. The number of rotatable bonds is 5. The number of nitrogens with zero attached hydrogens (tertiary/aromatic N) is 2. The zero-order chi connectivity index (χ0) is 16.0. The highest BCUT2D eigenvalue weighted by molar-refractivity contribution is 14.0. The molecule has 1 aliphatic carbocycles. The first kappa shape index (κ1) is 19.5. The fourth-order valence-electron chi connectivity index (χ4n) is 3.98. The lowest BCUT2D eigenvalue weighted by atomic mass is 9.86. The first-order valence-corrected chi connectivity index (χ1v) is 8.89. The van der Waals surface area contributed by atoms with Crippen LogP contribution in [0.25, 0.3) is 0 Å². The van der Waals surface area contributed by atoms with Gasteiger partial charge in [-0.25, -0.2) is 0 Å². The fourth-order valence-corrected chi connectivity index (χ4v) is 3.98. The van der Waals surface area contributed by atoms with Crippen LogP contribution in [0.2, 0.25) is 0 Å². The van der Waals surface area contributed by atoms with E-state index in [-0.39, 0.29) is 24.0 Å². The third kappa shape index (κ3) is 5.09. The maximum Gasteiger partial charge on any atom is 0.193 e. The van der Waals surface area contributed by atoms with Gasteiger partial charge >= 0.3 is 0 Å². The highest BCUT2D eigenvalue weighted by Gasteiger charge is 2.40. The van der Waals surface area contributed by atoms with Crippen molar-refractivity contribution in [1.82, 2.24) is 10.2 Å². The van der Waals surface area contributed by atoms with Gasteiger partial charge in [-0.15, -0.1) is 24.0 Å². The number of aliphatic imine (C=N–C) groups is 1. The lowest BCUT2D eigenvalue weighted by Crippen LogP contribution is -2.42. The zero-order valence-corrected chi connectivity index (χ0v) is 17.0. The molecular formula is C19H30IN3O. The summed E-state index contributed by atoms with van der Waals surface area (Å²) in [5.41, 5.74) is 1.81. The molecule has 0 aromatic heterocycles. The molecule has 2 fully saturated rings. The molecule has 0 atom stereocenters. The van der Waals surface area contributed by atoms with Crippen LogP contribution >= 0.6 is 24.0 Å². The van der Waals surface area contributed by atoms with Crippen molar-refractivity contribution in [1.29, 1.82) is 0 Å². The molecule has 24 heavy (non-hydrogen) atoms. The smallest absolute Gasteiger partial charge is 0.193 e. The van der Waals surface area contributed by atoms with Gasteiger partial charge in [0.25, 0.3) is 0 Å². The summed E-state index contributed by atoms with van der Waals surface area (Å²) in [6, 6.07) is 10.3. The van der Waals surface area contributed by atoms with Gasteiger partial charge in [0.15, 0.2) is 5.96 Å². The molecule has 0 amide bonds. The Bertz CT molecular complexity index is 515. The van der Waals surface area contributed by atoms with Gasteiger partial charge in [-0.1, -0.05) is 43.2 Å². The van der Waals surface area contributed by atoms with E-state index in [0.717, 1.165) is 19.0 Å². The summed E-state index contributed by atoms with van der Waals surface area (Å²) in [6.45, 7) is 4.51. The molecule has 1 N–H and O–H groups in total. The molecule has 5 heteroatoms. The van der Waals surface area contributed by atoms with Crippen LogP contribution in [0.1, 0.15) is 37.7 Å². The van der Waals surface area contributed by atoms with Crippen LogP contribution in [0.5, 0.6) is 0 Å². The first-order valence-electron chi connectivity index (χ1n) is 8.89. The lowest BCUT2D eigenvalue weighted by Gasteiger charge is -2.25. The SMILES string of the molecule is CN=C(NCCOCc1ccccc1)N1CCC2(CCCC2)C1.I. The molecule has 1 aromatic carbocycles. The first-order chi connectivity index (χ1) is 11.3. The Morgan fingerprint density at radius 3 is 2.67 bits per heavy atom. The van der Waals surface area contributed by atoms with E-state index in [0.29, 0.717) is 18.6 Å². The molecular weight excluding hydrogens is 413 g/mol. The molecule has 1 spiro atoms. The second-order valence-electron chi connectivity index (χ2n) is 6.89. The number of ether oxygens (including phenoxy) is 1. The van der Waals surface area contributed by atoms with Crippen LogP contribution in [-0.4, -0.2) is 44.1 Å². The van der Waals surface area contributed by atoms with E-state index in [2.05, 4.69) is 27.3 Å². The van der Waals surface area contributed by atoms with Gasteiger partial charge in [0.2, 0.25) is 0 Å². The number of hydrogen-bond donors (Lipinski definition) is 1. The molecule has 0 radical (unpaired) electrons. The van der Waals surface area contributed by atoms with E-state index in [9.17, 15) is 0 Å². The fraction of sp³-hybridized carbons (Fsp3) is 0.632. The normalized spacial score (nSPS) is 19.5. The Morgan fingerprint density at radius 2 is 1.96 bits per heavy atom. The van der Waals surface area contributed by atoms with Crippen molar-refractivity contribution in [2.45, 2.75) is 38.7 Å². The van der Waals surface area contributed by atoms with Gasteiger partial charge in [0, 0.05) is 26.7 Å². The highest BCUT2D eigenvalue weighted by atomic mass is 127.